The van der Waals surface area contributed by atoms with Crippen molar-refractivity contribution < 1.29 is 19.1 Å². The summed E-state index contributed by atoms with van der Waals surface area (Å²) in [7, 11) is 0. The van der Waals surface area contributed by atoms with E-state index in [-0.39, 0.29) is 12.0 Å². The largest absolute Gasteiger partial charge is 0.491 e. The van der Waals surface area contributed by atoms with E-state index in [2.05, 4.69) is 5.32 Å². The first-order valence-electron chi connectivity index (χ1n) is 9.63. The number of nitrogens with two attached hydrogens (primary N) is 1. The molecule has 0 aliphatic carbocycles. The minimum Gasteiger partial charge on any atom is -0.491 e. The quantitative estimate of drug-likeness (QED) is 0.586. The lowest BCUT2D eigenvalue weighted by Crippen LogP contribution is -2.23. The Balaban J connectivity index is 1.59. The molecule has 0 unspecified atom stereocenters. The third-order valence-corrected chi connectivity index (χ3v) is 4.27. The van der Waals surface area contributed by atoms with Crippen molar-refractivity contribution >= 4 is 11.8 Å². The van der Waals surface area contributed by atoms with E-state index in [1.807, 2.05) is 38.1 Å². The first-order valence-corrected chi connectivity index (χ1v) is 9.63. The molecule has 0 atom stereocenters. The second-order valence-corrected chi connectivity index (χ2v) is 6.97. The van der Waals surface area contributed by atoms with Crippen LogP contribution in [0.15, 0.2) is 72.8 Å². The van der Waals surface area contributed by atoms with Crippen molar-refractivity contribution in [2.24, 2.45) is 5.73 Å². The Morgan fingerprint density at radius 1 is 0.867 bits per heavy atom. The van der Waals surface area contributed by atoms with Crippen molar-refractivity contribution in [3.05, 3.63) is 89.5 Å². The molecule has 0 saturated heterocycles. The number of para-hydroxylation sites is 1. The Hall–Kier alpha value is -3.80. The summed E-state index contributed by atoms with van der Waals surface area (Å²) >= 11 is 0. The zero-order valence-electron chi connectivity index (χ0n) is 16.9. The average molecular weight is 404 g/mol. The van der Waals surface area contributed by atoms with Gasteiger partial charge in [-0.3, -0.25) is 9.59 Å². The highest BCUT2D eigenvalue weighted by molar-refractivity contribution is 5.94. The Morgan fingerprint density at radius 3 is 2.00 bits per heavy atom. The van der Waals surface area contributed by atoms with Gasteiger partial charge in [0.2, 0.25) is 5.91 Å². The number of hydrogen-bond acceptors (Lipinski definition) is 4. The van der Waals surface area contributed by atoms with E-state index >= 15 is 0 Å². The van der Waals surface area contributed by atoms with Crippen LogP contribution in [-0.4, -0.2) is 17.9 Å². The van der Waals surface area contributed by atoms with Crippen LogP contribution in [-0.2, 0) is 6.54 Å². The van der Waals surface area contributed by atoms with Gasteiger partial charge < -0.3 is 20.5 Å². The van der Waals surface area contributed by atoms with Crippen molar-refractivity contribution in [3.63, 3.8) is 0 Å². The zero-order chi connectivity index (χ0) is 21.5. The van der Waals surface area contributed by atoms with Crippen LogP contribution < -0.4 is 20.5 Å². The van der Waals surface area contributed by atoms with E-state index < -0.39 is 5.91 Å². The molecule has 6 nitrogen and oxygen atoms in total. The number of rotatable bonds is 8. The summed E-state index contributed by atoms with van der Waals surface area (Å²) in [5.74, 6) is 1.23. The van der Waals surface area contributed by atoms with Crippen LogP contribution in [0, 0.1) is 0 Å². The number of hydrogen-bond donors (Lipinski definition) is 2. The molecule has 3 aromatic carbocycles. The molecular weight excluding hydrogens is 380 g/mol. The fourth-order valence-corrected chi connectivity index (χ4v) is 2.79. The summed E-state index contributed by atoms with van der Waals surface area (Å²) < 4.78 is 11.5. The number of ether oxygens (including phenoxy) is 2. The molecule has 0 heterocycles. The Labute approximate surface area is 175 Å². The molecule has 30 heavy (non-hydrogen) atoms. The molecular formula is C24H24N2O4. The highest BCUT2D eigenvalue weighted by Crippen LogP contribution is 2.23. The molecule has 0 aliphatic heterocycles. The van der Waals surface area contributed by atoms with E-state index in [0.717, 1.165) is 11.3 Å². The Kier molecular flexibility index (Phi) is 6.70. The Morgan fingerprint density at radius 2 is 1.43 bits per heavy atom. The van der Waals surface area contributed by atoms with Crippen molar-refractivity contribution in [2.45, 2.75) is 26.5 Å². The number of carbonyl (C=O) groups is 2. The van der Waals surface area contributed by atoms with Crippen LogP contribution in [0.25, 0.3) is 0 Å². The van der Waals surface area contributed by atoms with Crippen molar-refractivity contribution in [1.82, 2.24) is 5.32 Å². The monoisotopic (exact) mass is 404 g/mol. The highest BCUT2D eigenvalue weighted by Gasteiger charge is 2.09. The lowest BCUT2D eigenvalue weighted by Gasteiger charge is -2.14. The van der Waals surface area contributed by atoms with Crippen LogP contribution in [0.3, 0.4) is 0 Å². The zero-order valence-corrected chi connectivity index (χ0v) is 16.9. The first kappa shape index (κ1) is 20.9. The van der Waals surface area contributed by atoms with Gasteiger partial charge in [0.15, 0.2) is 0 Å². The van der Waals surface area contributed by atoms with Crippen molar-refractivity contribution in [2.75, 3.05) is 0 Å². The molecule has 2 amide bonds. The van der Waals surface area contributed by atoms with E-state index in [1.54, 1.807) is 48.5 Å². The molecule has 3 N–H and O–H groups in total. The molecule has 6 heteroatoms. The number of nitrogens with one attached hydrogen (secondary N) is 1. The maximum absolute atomic E-state index is 12.5. The maximum atomic E-state index is 12.5. The predicted octanol–water partition coefficient (Wildman–Crippen LogP) is 4.30. The summed E-state index contributed by atoms with van der Waals surface area (Å²) in [6.07, 6.45) is 0.0568. The normalized spacial score (nSPS) is 10.5. The van der Waals surface area contributed by atoms with Crippen molar-refractivity contribution in [1.29, 1.82) is 0 Å². The molecule has 0 aromatic heterocycles. The number of benzene rings is 3. The summed E-state index contributed by atoms with van der Waals surface area (Å²) in [5, 5.41) is 2.91. The number of primary amides is 1. The molecule has 0 bridgehead atoms. The molecule has 0 aliphatic rings. The second kappa shape index (κ2) is 9.60. The highest BCUT2D eigenvalue weighted by atomic mass is 16.5. The summed E-state index contributed by atoms with van der Waals surface area (Å²) in [4.78, 5) is 23.6. The Bertz CT molecular complexity index is 1010. The summed E-state index contributed by atoms with van der Waals surface area (Å²) in [5.41, 5.74) is 7.08. The lowest BCUT2D eigenvalue weighted by atomic mass is 10.1. The lowest BCUT2D eigenvalue weighted by molar-refractivity contribution is 0.0949. The van der Waals surface area contributed by atoms with Crippen LogP contribution in [0.2, 0.25) is 0 Å². The van der Waals surface area contributed by atoms with Gasteiger partial charge in [-0.05, 0) is 68.4 Å². The van der Waals surface area contributed by atoms with Crippen LogP contribution in [0.4, 0.5) is 0 Å². The van der Waals surface area contributed by atoms with Crippen LogP contribution in [0.1, 0.15) is 40.1 Å². The predicted molar refractivity (Wildman–Crippen MR) is 115 cm³/mol. The third-order valence-electron chi connectivity index (χ3n) is 4.27. The van der Waals surface area contributed by atoms with Gasteiger partial charge >= 0.3 is 0 Å². The summed E-state index contributed by atoms with van der Waals surface area (Å²) in [6.45, 7) is 4.29. The van der Waals surface area contributed by atoms with Crippen LogP contribution in [0.5, 0.6) is 17.2 Å². The number of carbonyl (C=O) groups excluding carboxylic acids is 2. The SMILES string of the molecule is CC(C)Oc1ccccc1CNC(=O)c1ccc(Oc2ccc(C(N)=O)cc2)cc1. The molecule has 0 spiro atoms. The van der Waals surface area contributed by atoms with E-state index in [4.69, 9.17) is 15.2 Å². The minimum atomic E-state index is -0.490. The van der Waals surface area contributed by atoms with E-state index in [1.165, 1.54) is 0 Å². The van der Waals surface area contributed by atoms with E-state index in [9.17, 15) is 9.59 Å². The van der Waals surface area contributed by atoms with Crippen molar-refractivity contribution in [3.8, 4) is 17.2 Å². The van der Waals surface area contributed by atoms with Gasteiger partial charge in [-0.2, -0.15) is 0 Å². The smallest absolute Gasteiger partial charge is 0.251 e. The van der Waals surface area contributed by atoms with Gasteiger partial charge in [0, 0.05) is 23.2 Å². The van der Waals surface area contributed by atoms with Gasteiger partial charge in [0.05, 0.1) is 6.10 Å². The summed E-state index contributed by atoms with van der Waals surface area (Å²) in [6, 6.07) is 21.0. The maximum Gasteiger partial charge on any atom is 0.251 e. The number of amides is 2. The molecule has 0 fully saturated rings. The van der Waals surface area contributed by atoms with Gasteiger partial charge in [-0.1, -0.05) is 18.2 Å². The van der Waals surface area contributed by atoms with Gasteiger partial charge in [-0.15, -0.1) is 0 Å². The standard InChI is InChI=1S/C24H24N2O4/c1-16(2)29-22-6-4-3-5-19(22)15-26-24(28)18-9-13-21(14-10-18)30-20-11-7-17(8-12-20)23(25)27/h3-14,16H,15H2,1-2H3,(H2,25,27)(H,26,28). The van der Waals surface area contributed by atoms with E-state index in [0.29, 0.717) is 29.2 Å². The van der Waals surface area contributed by atoms with Gasteiger partial charge in [0.1, 0.15) is 17.2 Å². The fraction of sp³-hybridized carbons (Fsp3) is 0.167. The average Bonchev–Trinajstić information content (AvgIpc) is 2.73. The fourth-order valence-electron chi connectivity index (χ4n) is 2.79. The second-order valence-electron chi connectivity index (χ2n) is 6.97. The van der Waals surface area contributed by atoms with Gasteiger partial charge in [-0.25, -0.2) is 0 Å². The molecule has 3 aromatic rings. The topological polar surface area (TPSA) is 90.7 Å². The third kappa shape index (κ3) is 5.61. The molecule has 154 valence electrons. The molecule has 0 saturated carbocycles. The van der Waals surface area contributed by atoms with Crippen LogP contribution >= 0.6 is 0 Å². The first-order chi connectivity index (χ1) is 14.4. The molecule has 0 radical (unpaired) electrons. The van der Waals surface area contributed by atoms with Gasteiger partial charge in [0.25, 0.3) is 5.91 Å². The minimum absolute atomic E-state index is 0.0568. The molecule has 3 rings (SSSR count).